The number of halogens is 2. The molecule has 0 fully saturated rings. The molecule has 6 nitrogen and oxygen atoms in total. The van der Waals surface area contributed by atoms with Crippen molar-refractivity contribution in [3.8, 4) is 5.75 Å². The largest absolute Gasteiger partial charge is 0.494 e. The van der Waals surface area contributed by atoms with Gasteiger partial charge >= 0.3 is 12.0 Å². The van der Waals surface area contributed by atoms with Crippen LogP contribution in [0.4, 0.5) is 4.79 Å². The minimum absolute atomic E-state index is 0.288. The highest BCUT2D eigenvalue weighted by atomic mass is 35.5. The molecule has 1 aromatic carbocycles. The molecule has 1 aliphatic heterocycles. The summed E-state index contributed by atoms with van der Waals surface area (Å²) in [6, 6.07) is 2.11. The SMILES string of the molecule is CCCC1=C(C(=O)OC(C)C)C(c2cc(Cl)c(OC)c(Cl)c2)NC(=O)N1. The van der Waals surface area contributed by atoms with Crippen LogP contribution in [-0.2, 0) is 9.53 Å². The number of rotatable bonds is 6. The lowest BCUT2D eigenvalue weighted by Crippen LogP contribution is -2.46. The zero-order valence-electron chi connectivity index (χ0n) is 15.1. The lowest BCUT2D eigenvalue weighted by atomic mass is 9.93. The number of ether oxygens (including phenoxy) is 2. The molecule has 142 valence electrons. The van der Waals surface area contributed by atoms with E-state index < -0.39 is 18.0 Å². The first-order chi connectivity index (χ1) is 12.3. The van der Waals surface area contributed by atoms with Gasteiger partial charge in [0.25, 0.3) is 0 Å². The number of methoxy groups -OCH3 is 1. The topological polar surface area (TPSA) is 76.7 Å². The summed E-state index contributed by atoms with van der Waals surface area (Å²) in [4.78, 5) is 24.8. The molecule has 0 saturated heterocycles. The van der Waals surface area contributed by atoms with E-state index in [0.717, 1.165) is 6.42 Å². The predicted molar refractivity (Wildman–Crippen MR) is 101 cm³/mol. The van der Waals surface area contributed by atoms with Gasteiger partial charge in [0.2, 0.25) is 0 Å². The van der Waals surface area contributed by atoms with Gasteiger partial charge in [0, 0.05) is 5.70 Å². The van der Waals surface area contributed by atoms with Crippen molar-refractivity contribution in [2.75, 3.05) is 7.11 Å². The lowest BCUT2D eigenvalue weighted by Gasteiger charge is -2.30. The van der Waals surface area contributed by atoms with Gasteiger partial charge in [0.15, 0.2) is 5.75 Å². The summed E-state index contributed by atoms with van der Waals surface area (Å²) in [6.07, 6.45) is 0.994. The maximum Gasteiger partial charge on any atom is 0.338 e. The third kappa shape index (κ3) is 4.43. The lowest BCUT2D eigenvalue weighted by molar-refractivity contribution is -0.143. The Balaban J connectivity index is 2.57. The fourth-order valence-electron chi connectivity index (χ4n) is 2.77. The highest BCUT2D eigenvalue weighted by Gasteiger charge is 2.34. The third-order valence-corrected chi connectivity index (χ3v) is 4.34. The molecule has 26 heavy (non-hydrogen) atoms. The molecule has 1 atom stereocenters. The molecular weight excluding hydrogens is 379 g/mol. The zero-order chi connectivity index (χ0) is 19.4. The Hall–Kier alpha value is -1.92. The van der Waals surface area contributed by atoms with Crippen LogP contribution in [0.3, 0.4) is 0 Å². The monoisotopic (exact) mass is 400 g/mol. The smallest absolute Gasteiger partial charge is 0.338 e. The number of esters is 1. The van der Waals surface area contributed by atoms with E-state index in [4.69, 9.17) is 32.7 Å². The first-order valence-electron chi connectivity index (χ1n) is 8.32. The van der Waals surface area contributed by atoms with Crippen LogP contribution in [0.1, 0.15) is 45.2 Å². The van der Waals surface area contributed by atoms with E-state index in [9.17, 15) is 9.59 Å². The molecule has 1 aromatic rings. The number of benzene rings is 1. The molecule has 2 N–H and O–H groups in total. The van der Waals surface area contributed by atoms with E-state index >= 15 is 0 Å². The van der Waals surface area contributed by atoms with Crippen molar-refractivity contribution in [1.29, 1.82) is 0 Å². The maximum atomic E-state index is 12.7. The summed E-state index contributed by atoms with van der Waals surface area (Å²) >= 11 is 12.5. The minimum atomic E-state index is -0.725. The van der Waals surface area contributed by atoms with Crippen LogP contribution in [0.2, 0.25) is 10.0 Å². The van der Waals surface area contributed by atoms with Crippen LogP contribution in [0, 0.1) is 0 Å². The summed E-state index contributed by atoms with van der Waals surface area (Å²) < 4.78 is 10.5. The van der Waals surface area contributed by atoms with Crippen LogP contribution in [-0.4, -0.2) is 25.2 Å². The molecule has 0 spiro atoms. The molecule has 1 unspecified atom stereocenters. The van der Waals surface area contributed by atoms with Crippen molar-refractivity contribution in [1.82, 2.24) is 10.6 Å². The summed E-state index contributed by atoms with van der Waals surface area (Å²) in [5.41, 5.74) is 1.45. The number of hydrogen-bond acceptors (Lipinski definition) is 4. The second-order valence-electron chi connectivity index (χ2n) is 6.15. The zero-order valence-corrected chi connectivity index (χ0v) is 16.6. The fraction of sp³-hybridized carbons (Fsp3) is 0.444. The summed E-state index contributed by atoms with van der Waals surface area (Å²) in [7, 11) is 1.46. The van der Waals surface area contributed by atoms with E-state index in [1.54, 1.807) is 26.0 Å². The molecular formula is C18H22Cl2N2O4. The number of hydrogen-bond donors (Lipinski definition) is 2. The van der Waals surface area contributed by atoms with Crippen LogP contribution in [0.5, 0.6) is 5.75 Å². The van der Waals surface area contributed by atoms with E-state index in [1.807, 2.05) is 6.92 Å². The Morgan fingerprint density at radius 2 is 1.88 bits per heavy atom. The van der Waals surface area contributed by atoms with Gasteiger partial charge in [-0.25, -0.2) is 9.59 Å². The van der Waals surface area contributed by atoms with E-state index in [1.165, 1.54) is 7.11 Å². The Kier molecular flexibility index (Phi) is 6.78. The molecule has 0 aromatic heterocycles. The van der Waals surface area contributed by atoms with Crippen molar-refractivity contribution in [2.45, 2.75) is 45.8 Å². The molecule has 8 heteroatoms. The molecule has 0 radical (unpaired) electrons. The van der Waals surface area contributed by atoms with Crippen LogP contribution < -0.4 is 15.4 Å². The summed E-state index contributed by atoms with van der Waals surface area (Å²) in [5.74, 6) is -0.162. The number of urea groups is 1. The van der Waals surface area contributed by atoms with Crippen molar-refractivity contribution in [3.05, 3.63) is 39.0 Å². The van der Waals surface area contributed by atoms with Crippen molar-refractivity contribution >= 4 is 35.2 Å². The second-order valence-corrected chi connectivity index (χ2v) is 6.96. The maximum absolute atomic E-state index is 12.7. The molecule has 0 bridgehead atoms. The molecule has 2 amide bonds. The number of carbonyl (C=O) groups excluding carboxylic acids is 2. The van der Waals surface area contributed by atoms with E-state index in [2.05, 4.69) is 10.6 Å². The summed E-state index contributed by atoms with van der Waals surface area (Å²) in [5, 5.41) is 6.04. The number of amides is 2. The van der Waals surface area contributed by atoms with Gasteiger partial charge in [-0.3, -0.25) is 0 Å². The van der Waals surface area contributed by atoms with E-state index in [0.29, 0.717) is 29.0 Å². The first kappa shape index (κ1) is 20.4. The van der Waals surface area contributed by atoms with E-state index in [-0.39, 0.29) is 16.1 Å². The number of carbonyl (C=O) groups is 2. The normalized spacial score (nSPS) is 17.0. The van der Waals surface area contributed by atoms with Gasteiger partial charge in [-0.05, 0) is 38.0 Å². The van der Waals surface area contributed by atoms with Crippen LogP contribution in [0.25, 0.3) is 0 Å². The minimum Gasteiger partial charge on any atom is -0.494 e. The Bertz CT molecular complexity index is 724. The Morgan fingerprint density at radius 1 is 1.27 bits per heavy atom. The van der Waals surface area contributed by atoms with Crippen molar-refractivity contribution in [3.63, 3.8) is 0 Å². The molecule has 0 aliphatic carbocycles. The highest BCUT2D eigenvalue weighted by Crippen LogP contribution is 2.38. The van der Waals surface area contributed by atoms with Gasteiger partial charge < -0.3 is 20.1 Å². The molecule has 0 saturated carbocycles. The average molecular weight is 401 g/mol. The quantitative estimate of drug-likeness (QED) is 0.695. The third-order valence-electron chi connectivity index (χ3n) is 3.77. The fourth-order valence-corrected chi connectivity index (χ4v) is 3.43. The number of allylic oxidation sites excluding steroid dienone is 1. The number of nitrogens with one attached hydrogen (secondary N) is 2. The molecule has 1 aliphatic rings. The highest BCUT2D eigenvalue weighted by molar-refractivity contribution is 6.37. The molecule has 2 rings (SSSR count). The van der Waals surface area contributed by atoms with Gasteiger partial charge in [0.05, 0.1) is 34.9 Å². The Morgan fingerprint density at radius 3 is 2.38 bits per heavy atom. The Labute approximate surface area is 162 Å². The van der Waals surface area contributed by atoms with Crippen molar-refractivity contribution in [2.24, 2.45) is 0 Å². The average Bonchev–Trinajstić information content (AvgIpc) is 2.53. The van der Waals surface area contributed by atoms with Gasteiger partial charge in [-0.1, -0.05) is 36.5 Å². The van der Waals surface area contributed by atoms with Crippen LogP contribution >= 0.6 is 23.2 Å². The van der Waals surface area contributed by atoms with Crippen LogP contribution in [0.15, 0.2) is 23.4 Å². The standard InChI is InChI=1S/C18H22Cl2N2O4/c1-5-6-13-14(17(23)26-9(2)3)15(22-18(24)21-13)10-7-11(19)16(25-4)12(20)8-10/h7-9,15H,5-6H2,1-4H3,(H2,21,22,24). The van der Waals surface area contributed by atoms with Gasteiger partial charge in [-0.2, -0.15) is 0 Å². The van der Waals surface area contributed by atoms with Crippen molar-refractivity contribution < 1.29 is 19.1 Å². The second kappa shape index (κ2) is 8.64. The predicted octanol–water partition coefficient (Wildman–Crippen LogP) is 4.36. The molecule has 1 heterocycles. The first-order valence-corrected chi connectivity index (χ1v) is 9.08. The van der Waals surface area contributed by atoms with Gasteiger partial charge in [0.1, 0.15) is 0 Å². The van der Waals surface area contributed by atoms with Gasteiger partial charge in [-0.15, -0.1) is 0 Å². The summed E-state index contributed by atoms with van der Waals surface area (Å²) in [6.45, 7) is 5.49.